The van der Waals surface area contributed by atoms with E-state index in [-0.39, 0.29) is 0 Å². The monoisotopic (exact) mass is 403 g/mol. The zero-order valence-electron chi connectivity index (χ0n) is 13.9. The summed E-state index contributed by atoms with van der Waals surface area (Å²) in [7, 11) is 0. The van der Waals surface area contributed by atoms with E-state index in [0.29, 0.717) is 39.0 Å². The van der Waals surface area contributed by atoms with Crippen LogP contribution in [0.1, 0.15) is 31.7 Å². The van der Waals surface area contributed by atoms with Gasteiger partial charge in [-0.3, -0.25) is 4.79 Å². The van der Waals surface area contributed by atoms with Gasteiger partial charge in [-0.25, -0.2) is 0 Å². The predicted molar refractivity (Wildman–Crippen MR) is 98.5 cm³/mol. The first kappa shape index (κ1) is 19.0. The highest BCUT2D eigenvalue weighted by Crippen LogP contribution is 2.41. The van der Waals surface area contributed by atoms with E-state index >= 15 is 0 Å². The lowest BCUT2D eigenvalue weighted by molar-refractivity contribution is -0.165. The molecule has 0 aromatic heterocycles. The predicted octanol–water partition coefficient (Wildman–Crippen LogP) is 4.59. The molecule has 1 saturated heterocycles. The summed E-state index contributed by atoms with van der Waals surface area (Å²) in [6.07, 6.45) is 1.92. The molecule has 1 fully saturated rings. The number of ether oxygens (including phenoxy) is 2. The van der Waals surface area contributed by atoms with Crippen molar-refractivity contribution in [1.29, 1.82) is 0 Å². The van der Waals surface area contributed by atoms with Crippen LogP contribution in [0, 0.1) is 0 Å². The second kappa shape index (κ2) is 7.45. The summed E-state index contributed by atoms with van der Waals surface area (Å²) in [6.45, 7) is 3.53. The number of hydrogen-bond acceptors (Lipinski definition) is 3. The summed E-state index contributed by atoms with van der Waals surface area (Å²) in [5.41, 5.74) is 2.87. The minimum Gasteiger partial charge on any atom is -0.347 e. The Hall–Kier alpha value is -0.780. The van der Waals surface area contributed by atoms with Gasteiger partial charge in [-0.15, -0.1) is 0 Å². The van der Waals surface area contributed by atoms with Gasteiger partial charge in [-0.1, -0.05) is 65.1 Å². The first-order valence-corrected chi connectivity index (χ1v) is 9.33. The van der Waals surface area contributed by atoms with Crippen LogP contribution < -0.4 is 0 Å². The maximum Gasteiger partial charge on any atom is 0.279 e. The number of nitrogens with zero attached hydrogens (tertiary/aromatic N) is 1. The maximum absolute atomic E-state index is 12.8. The molecule has 1 aliphatic heterocycles. The lowest BCUT2D eigenvalue weighted by Gasteiger charge is -2.38. The fraction of sp³-hybridized carbons (Fsp3) is 0.500. The Labute approximate surface area is 162 Å². The number of alkyl halides is 3. The molecule has 136 valence electrons. The molecule has 1 aliphatic carbocycles. The average Bonchev–Trinajstić information content (AvgIpc) is 3.01. The Morgan fingerprint density at radius 3 is 2.40 bits per heavy atom. The molecule has 0 saturated carbocycles. The quantitative estimate of drug-likeness (QED) is 0.692. The molecule has 0 radical (unpaired) electrons. The number of halogens is 3. The largest absolute Gasteiger partial charge is 0.347 e. The third-order valence-electron chi connectivity index (χ3n) is 4.58. The summed E-state index contributed by atoms with van der Waals surface area (Å²) in [6, 6.07) is 9.66. The normalized spacial score (nSPS) is 20.2. The SMILES string of the molecule is CC1=C(N(Cc2ccccc2)C(=O)C(Cl)(Cl)Cl)CCC2(C1)OCCO2. The molecule has 7 heteroatoms. The number of carbonyl (C=O) groups excluding carboxylic acids is 1. The zero-order chi connectivity index (χ0) is 18.1. The lowest BCUT2D eigenvalue weighted by atomic mass is 9.90. The second-order valence-electron chi connectivity index (χ2n) is 6.39. The van der Waals surface area contributed by atoms with Crippen molar-refractivity contribution in [2.45, 2.75) is 42.3 Å². The van der Waals surface area contributed by atoms with Crippen molar-refractivity contribution in [1.82, 2.24) is 4.90 Å². The van der Waals surface area contributed by atoms with Gasteiger partial charge >= 0.3 is 0 Å². The topological polar surface area (TPSA) is 38.8 Å². The van der Waals surface area contributed by atoms with Crippen LogP contribution in [0.3, 0.4) is 0 Å². The zero-order valence-corrected chi connectivity index (χ0v) is 16.2. The van der Waals surface area contributed by atoms with E-state index in [1.807, 2.05) is 37.3 Å². The minimum absolute atomic E-state index is 0.356. The Balaban J connectivity index is 1.89. The van der Waals surface area contributed by atoms with Crippen molar-refractivity contribution in [2.75, 3.05) is 13.2 Å². The fourth-order valence-corrected chi connectivity index (χ4v) is 3.74. The van der Waals surface area contributed by atoms with Gasteiger partial charge in [-0.2, -0.15) is 0 Å². The molecule has 0 atom stereocenters. The van der Waals surface area contributed by atoms with Gasteiger partial charge in [0.25, 0.3) is 9.70 Å². The molecule has 0 N–H and O–H groups in total. The van der Waals surface area contributed by atoms with Crippen molar-refractivity contribution in [3.63, 3.8) is 0 Å². The van der Waals surface area contributed by atoms with E-state index in [0.717, 1.165) is 16.8 Å². The fourth-order valence-electron chi connectivity index (χ4n) is 3.43. The van der Waals surface area contributed by atoms with Crippen LogP contribution in [0.5, 0.6) is 0 Å². The highest BCUT2D eigenvalue weighted by Gasteiger charge is 2.43. The van der Waals surface area contributed by atoms with Crippen molar-refractivity contribution in [2.24, 2.45) is 0 Å². The van der Waals surface area contributed by atoms with E-state index in [1.54, 1.807) is 4.90 Å². The third-order valence-corrected chi connectivity index (χ3v) is 5.07. The van der Waals surface area contributed by atoms with Gasteiger partial charge in [0.15, 0.2) is 5.79 Å². The molecule has 2 aliphatic rings. The van der Waals surface area contributed by atoms with E-state index in [4.69, 9.17) is 44.3 Å². The smallest absolute Gasteiger partial charge is 0.279 e. The van der Waals surface area contributed by atoms with Gasteiger partial charge in [0.05, 0.1) is 19.8 Å². The number of carbonyl (C=O) groups is 1. The highest BCUT2D eigenvalue weighted by atomic mass is 35.6. The van der Waals surface area contributed by atoms with Crippen LogP contribution in [0.25, 0.3) is 0 Å². The molecular formula is C18H20Cl3NO3. The summed E-state index contributed by atoms with van der Waals surface area (Å²) in [4.78, 5) is 14.3. The number of rotatable bonds is 3. The summed E-state index contributed by atoms with van der Waals surface area (Å²) < 4.78 is 9.57. The second-order valence-corrected chi connectivity index (χ2v) is 8.67. The van der Waals surface area contributed by atoms with Gasteiger partial charge in [0.2, 0.25) is 0 Å². The first-order valence-electron chi connectivity index (χ1n) is 8.20. The summed E-state index contributed by atoms with van der Waals surface area (Å²) in [5.74, 6) is -1.10. The Morgan fingerprint density at radius 2 is 1.84 bits per heavy atom. The Bertz CT molecular complexity index is 664. The lowest BCUT2D eigenvalue weighted by Crippen LogP contribution is -2.42. The van der Waals surface area contributed by atoms with Crippen molar-refractivity contribution >= 4 is 40.7 Å². The Kier molecular flexibility index (Phi) is 5.66. The van der Waals surface area contributed by atoms with Crippen LogP contribution >= 0.6 is 34.8 Å². The number of benzene rings is 1. The minimum atomic E-state index is -2.00. The first-order chi connectivity index (χ1) is 11.8. The summed E-state index contributed by atoms with van der Waals surface area (Å²) in [5, 5.41) is 0. The molecule has 25 heavy (non-hydrogen) atoms. The standard InChI is InChI=1S/C18H20Cl3NO3/c1-13-11-17(24-9-10-25-17)8-7-15(13)22(16(23)18(19,20)21)12-14-5-3-2-4-6-14/h2-6H,7-12H2,1H3. The molecule has 1 heterocycles. The van der Waals surface area contributed by atoms with Gasteiger partial charge in [-0.05, 0) is 24.5 Å². The maximum atomic E-state index is 12.8. The highest BCUT2D eigenvalue weighted by molar-refractivity contribution is 6.76. The van der Waals surface area contributed by atoms with Crippen LogP contribution in [-0.4, -0.2) is 33.6 Å². The molecular weight excluding hydrogens is 385 g/mol. The average molecular weight is 405 g/mol. The molecule has 1 amide bonds. The molecule has 0 bridgehead atoms. The van der Waals surface area contributed by atoms with E-state index in [1.165, 1.54) is 0 Å². The molecule has 4 nitrogen and oxygen atoms in total. The third kappa shape index (κ3) is 4.32. The van der Waals surface area contributed by atoms with E-state index in [2.05, 4.69) is 0 Å². The van der Waals surface area contributed by atoms with Crippen LogP contribution in [0.4, 0.5) is 0 Å². The molecule has 1 spiro atoms. The van der Waals surface area contributed by atoms with E-state index < -0.39 is 15.5 Å². The van der Waals surface area contributed by atoms with Gasteiger partial charge in [0, 0.05) is 18.5 Å². The van der Waals surface area contributed by atoms with Gasteiger partial charge in [0.1, 0.15) is 0 Å². The molecule has 3 rings (SSSR count). The van der Waals surface area contributed by atoms with Crippen molar-refractivity contribution < 1.29 is 14.3 Å². The Morgan fingerprint density at radius 1 is 1.20 bits per heavy atom. The van der Waals surface area contributed by atoms with E-state index in [9.17, 15) is 4.79 Å². The molecule has 0 unspecified atom stereocenters. The van der Waals surface area contributed by atoms with Crippen molar-refractivity contribution in [3.8, 4) is 0 Å². The van der Waals surface area contributed by atoms with Crippen LogP contribution in [0.2, 0.25) is 0 Å². The van der Waals surface area contributed by atoms with Crippen molar-refractivity contribution in [3.05, 3.63) is 47.2 Å². The number of allylic oxidation sites excluding steroid dienone is 1. The number of hydrogen-bond donors (Lipinski definition) is 0. The van der Waals surface area contributed by atoms with Crippen LogP contribution in [-0.2, 0) is 20.8 Å². The number of amides is 1. The molecule has 1 aromatic rings. The molecule has 1 aromatic carbocycles. The summed E-state index contributed by atoms with van der Waals surface area (Å²) >= 11 is 17.7. The van der Waals surface area contributed by atoms with Gasteiger partial charge < -0.3 is 14.4 Å². The van der Waals surface area contributed by atoms with Crippen LogP contribution in [0.15, 0.2) is 41.6 Å².